The van der Waals surface area contributed by atoms with E-state index in [1.807, 2.05) is 23.3 Å². The number of rotatable bonds is 4. The SMILES string of the molecule is COCCN1CCO[C@H]2CCN(C(=O)c3sccc3C)C[C@H]21. The Bertz CT molecular complexity index is 519. The maximum atomic E-state index is 12.7. The molecule has 0 unspecified atom stereocenters. The van der Waals surface area contributed by atoms with E-state index in [2.05, 4.69) is 4.90 Å². The molecule has 3 rings (SSSR count). The number of hydrogen-bond acceptors (Lipinski definition) is 5. The third-order valence-electron chi connectivity index (χ3n) is 4.63. The lowest BCUT2D eigenvalue weighted by Crippen LogP contribution is -2.61. The van der Waals surface area contributed by atoms with E-state index >= 15 is 0 Å². The molecule has 2 atom stereocenters. The summed E-state index contributed by atoms with van der Waals surface area (Å²) in [4.78, 5) is 18.0. The Kier molecular flexibility index (Phi) is 5.13. The van der Waals surface area contributed by atoms with Crippen molar-refractivity contribution in [3.8, 4) is 0 Å². The third kappa shape index (κ3) is 3.20. The van der Waals surface area contributed by atoms with Gasteiger partial charge in [0.1, 0.15) is 0 Å². The fourth-order valence-electron chi connectivity index (χ4n) is 3.35. The lowest BCUT2D eigenvalue weighted by molar-refractivity contribution is -0.101. The Labute approximate surface area is 135 Å². The van der Waals surface area contributed by atoms with Crippen LogP contribution in [0.3, 0.4) is 0 Å². The van der Waals surface area contributed by atoms with Crippen molar-refractivity contribution in [2.75, 3.05) is 46.5 Å². The summed E-state index contributed by atoms with van der Waals surface area (Å²) >= 11 is 1.54. The number of aryl methyl sites for hydroxylation is 1. The predicted octanol–water partition coefficient (Wildman–Crippen LogP) is 1.62. The largest absolute Gasteiger partial charge is 0.383 e. The molecule has 2 aliphatic heterocycles. The van der Waals surface area contributed by atoms with E-state index < -0.39 is 0 Å². The summed E-state index contributed by atoms with van der Waals surface area (Å²) in [6, 6.07) is 2.31. The highest BCUT2D eigenvalue weighted by Crippen LogP contribution is 2.26. The Morgan fingerprint density at radius 2 is 2.36 bits per heavy atom. The number of amides is 1. The van der Waals surface area contributed by atoms with Crippen LogP contribution in [0.25, 0.3) is 0 Å². The van der Waals surface area contributed by atoms with Crippen LogP contribution >= 0.6 is 11.3 Å². The zero-order valence-corrected chi connectivity index (χ0v) is 14.1. The molecule has 0 radical (unpaired) electrons. The molecule has 122 valence electrons. The standard InChI is InChI=1S/C16H24N2O3S/c1-12-4-10-22-15(12)16(19)18-5-3-14-13(11-18)17(6-8-20-2)7-9-21-14/h4,10,13-14H,3,5-9,11H2,1-2H3/t13-,14+/m1/s1. The maximum absolute atomic E-state index is 12.7. The summed E-state index contributed by atoms with van der Waals surface area (Å²) in [7, 11) is 1.73. The van der Waals surface area contributed by atoms with Crippen LogP contribution in [0.15, 0.2) is 11.4 Å². The second kappa shape index (κ2) is 7.08. The first kappa shape index (κ1) is 15.9. The Morgan fingerprint density at radius 3 is 3.09 bits per heavy atom. The van der Waals surface area contributed by atoms with Gasteiger partial charge in [-0.2, -0.15) is 0 Å². The van der Waals surface area contributed by atoms with Crippen LogP contribution in [0.4, 0.5) is 0 Å². The van der Waals surface area contributed by atoms with Crippen molar-refractivity contribution < 1.29 is 14.3 Å². The normalized spacial score (nSPS) is 26.0. The molecule has 1 amide bonds. The molecular weight excluding hydrogens is 300 g/mol. The van der Waals surface area contributed by atoms with Crippen LogP contribution in [0.2, 0.25) is 0 Å². The number of morpholine rings is 1. The number of hydrogen-bond donors (Lipinski definition) is 0. The van der Waals surface area contributed by atoms with Gasteiger partial charge in [-0.05, 0) is 30.4 Å². The van der Waals surface area contributed by atoms with Crippen LogP contribution in [-0.4, -0.2) is 74.4 Å². The molecule has 0 bridgehead atoms. The van der Waals surface area contributed by atoms with E-state index in [1.54, 1.807) is 7.11 Å². The fourth-order valence-corrected chi connectivity index (χ4v) is 4.24. The number of fused-ring (bicyclic) bond motifs is 1. The van der Waals surface area contributed by atoms with Crippen LogP contribution in [0, 0.1) is 6.92 Å². The van der Waals surface area contributed by atoms with Gasteiger partial charge in [0.05, 0.1) is 30.2 Å². The van der Waals surface area contributed by atoms with Gasteiger partial charge in [-0.3, -0.25) is 9.69 Å². The summed E-state index contributed by atoms with van der Waals surface area (Å²) in [5.74, 6) is 0.170. The van der Waals surface area contributed by atoms with Gasteiger partial charge >= 0.3 is 0 Å². The summed E-state index contributed by atoms with van der Waals surface area (Å²) < 4.78 is 11.1. The fraction of sp³-hybridized carbons (Fsp3) is 0.688. The molecule has 0 aromatic carbocycles. The molecule has 6 heteroatoms. The van der Waals surface area contributed by atoms with Crippen molar-refractivity contribution in [1.82, 2.24) is 9.80 Å². The number of nitrogens with zero attached hydrogens (tertiary/aromatic N) is 2. The maximum Gasteiger partial charge on any atom is 0.264 e. The van der Waals surface area contributed by atoms with Crippen molar-refractivity contribution in [1.29, 1.82) is 0 Å². The molecule has 2 fully saturated rings. The lowest BCUT2D eigenvalue weighted by atomic mass is 9.98. The second-order valence-corrected chi connectivity index (χ2v) is 6.89. The first-order valence-corrected chi connectivity index (χ1v) is 8.76. The predicted molar refractivity (Wildman–Crippen MR) is 86.6 cm³/mol. The number of thiophene rings is 1. The molecule has 0 N–H and O–H groups in total. The number of carbonyl (C=O) groups excluding carboxylic acids is 1. The van der Waals surface area contributed by atoms with Gasteiger partial charge < -0.3 is 14.4 Å². The van der Waals surface area contributed by atoms with Crippen molar-refractivity contribution in [3.63, 3.8) is 0 Å². The minimum Gasteiger partial charge on any atom is -0.383 e. The smallest absolute Gasteiger partial charge is 0.264 e. The van der Waals surface area contributed by atoms with E-state index in [1.165, 1.54) is 11.3 Å². The molecule has 1 aromatic rings. The van der Waals surface area contributed by atoms with E-state index in [4.69, 9.17) is 9.47 Å². The number of ether oxygens (including phenoxy) is 2. The highest BCUT2D eigenvalue weighted by atomic mass is 32.1. The molecule has 0 saturated carbocycles. The number of methoxy groups -OCH3 is 1. The number of likely N-dealkylation sites (tertiary alicyclic amines) is 1. The summed E-state index contributed by atoms with van der Waals surface area (Å²) in [6.45, 7) is 6.88. The first-order chi connectivity index (χ1) is 10.7. The summed E-state index contributed by atoms with van der Waals surface area (Å²) in [6.07, 6.45) is 1.17. The molecule has 0 spiro atoms. The highest BCUT2D eigenvalue weighted by Gasteiger charge is 2.38. The van der Waals surface area contributed by atoms with Crippen LogP contribution in [0.5, 0.6) is 0 Å². The Hall–Kier alpha value is -0.950. The first-order valence-electron chi connectivity index (χ1n) is 7.88. The molecule has 2 aliphatic rings. The van der Waals surface area contributed by atoms with Gasteiger partial charge in [-0.25, -0.2) is 0 Å². The van der Waals surface area contributed by atoms with Gasteiger partial charge in [0.25, 0.3) is 5.91 Å². The molecular formula is C16H24N2O3S. The van der Waals surface area contributed by atoms with Gasteiger partial charge in [-0.1, -0.05) is 0 Å². The van der Waals surface area contributed by atoms with Gasteiger partial charge in [0, 0.05) is 33.3 Å². The van der Waals surface area contributed by atoms with Crippen molar-refractivity contribution in [2.45, 2.75) is 25.5 Å². The van der Waals surface area contributed by atoms with Gasteiger partial charge in [0.2, 0.25) is 0 Å². The van der Waals surface area contributed by atoms with E-state index in [0.29, 0.717) is 6.04 Å². The van der Waals surface area contributed by atoms with Crippen molar-refractivity contribution >= 4 is 17.2 Å². The molecule has 1 aromatic heterocycles. The molecule has 22 heavy (non-hydrogen) atoms. The van der Waals surface area contributed by atoms with Crippen LogP contribution in [-0.2, 0) is 9.47 Å². The topological polar surface area (TPSA) is 42.0 Å². The Morgan fingerprint density at radius 1 is 1.50 bits per heavy atom. The zero-order chi connectivity index (χ0) is 15.5. The molecule has 5 nitrogen and oxygen atoms in total. The van der Waals surface area contributed by atoms with Crippen LogP contribution < -0.4 is 0 Å². The van der Waals surface area contributed by atoms with Gasteiger partial charge in [0.15, 0.2) is 0 Å². The summed E-state index contributed by atoms with van der Waals surface area (Å²) in [5.41, 5.74) is 1.08. The van der Waals surface area contributed by atoms with Gasteiger partial charge in [-0.15, -0.1) is 11.3 Å². The summed E-state index contributed by atoms with van der Waals surface area (Å²) in [5, 5.41) is 1.99. The molecule has 3 heterocycles. The second-order valence-electron chi connectivity index (χ2n) is 5.98. The quantitative estimate of drug-likeness (QED) is 0.844. The average Bonchev–Trinajstić information content (AvgIpc) is 2.97. The van der Waals surface area contributed by atoms with E-state index in [9.17, 15) is 4.79 Å². The molecule has 2 saturated heterocycles. The van der Waals surface area contributed by atoms with Crippen molar-refractivity contribution in [2.24, 2.45) is 0 Å². The monoisotopic (exact) mass is 324 g/mol. The third-order valence-corrected chi connectivity index (χ3v) is 5.63. The minimum atomic E-state index is 0.170. The Balaban J connectivity index is 1.69. The zero-order valence-electron chi connectivity index (χ0n) is 13.3. The van der Waals surface area contributed by atoms with Crippen molar-refractivity contribution in [3.05, 3.63) is 21.9 Å². The minimum absolute atomic E-state index is 0.170. The lowest BCUT2D eigenvalue weighted by Gasteiger charge is -2.47. The van der Waals surface area contributed by atoms with E-state index in [-0.39, 0.29) is 12.0 Å². The molecule has 0 aliphatic carbocycles. The number of carbonyl (C=O) groups is 1. The van der Waals surface area contributed by atoms with E-state index in [0.717, 1.165) is 56.3 Å². The average molecular weight is 324 g/mol. The number of piperidine rings is 1. The van der Waals surface area contributed by atoms with Crippen LogP contribution in [0.1, 0.15) is 21.7 Å². The highest BCUT2D eigenvalue weighted by molar-refractivity contribution is 7.12.